The third-order valence-corrected chi connectivity index (χ3v) is 2.75. The summed E-state index contributed by atoms with van der Waals surface area (Å²) >= 11 is 0. The molecule has 1 aliphatic rings. The quantitative estimate of drug-likeness (QED) is 0.631. The molecule has 1 saturated heterocycles. The van der Waals surface area contributed by atoms with Gasteiger partial charge in [-0.2, -0.15) is 0 Å². The molecule has 1 aliphatic heterocycles. The number of aliphatic hydroxyl groups is 1. The lowest BCUT2D eigenvalue weighted by Crippen LogP contribution is -2.49. The maximum atomic E-state index is 11.5. The fraction of sp³-hybridized carbons (Fsp3) is 0.909. The number of hydrogen-bond acceptors (Lipinski definition) is 4. The predicted octanol–water partition coefficient (Wildman–Crippen LogP) is -0.404. The summed E-state index contributed by atoms with van der Waals surface area (Å²) in [6.07, 6.45) is 1.76. The van der Waals surface area contributed by atoms with Crippen molar-refractivity contribution >= 4 is 5.91 Å². The van der Waals surface area contributed by atoms with Crippen LogP contribution >= 0.6 is 0 Å². The lowest BCUT2D eigenvalue weighted by molar-refractivity contribution is -0.123. The third-order valence-electron chi connectivity index (χ3n) is 2.75. The first kappa shape index (κ1) is 13.4. The van der Waals surface area contributed by atoms with Gasteiger partial charge < -0.3 is 15.2 Å². The number of methoxy groups -OCH3 is 1. The van der Waals surface area contributed by atoms with Crippen LogP contribution in [0.2, 0.25) is 0 Å². The summed E-state index contributed by atoms with van der Waals surface area (Å²) < 4.78 is 4.85. The molecule has 0 aromatic heterocycles. The SMILES string of the molecule is COCCNC(=O)CN1CCCC(C)(O)C1. The van der Waals surface area contributed by atoms with Crippen LogP contribution in [-0.2, 0) is 9.53 Å². The standard InChI is InChI=1S/C11H22N2O3/c1-11(15)4-3-6-13(9-11)8-10(14)12-5-7-16-2/h15H,3-9H2,1-2H3,(H,12,14). The highest BCUT2D eigenvalue weighted by Crippen LogP contribution is 2.19. The Morgan fingerprint density at radius 3 is 3.00 bits per heavy atom. The second-order valence-corrected chi connectivity index (χ2v) is 4.65. The van der Waals surface area contributed by atoms with Gasteiger partial charge >= 0.3 is 0 Å². The molecule has 1 atom stereocenters. The molecule has 1 rings (SSSR count). The van der Waals surface area contributed by atoms with Crippen LogP contribution in [0.4, 0.5) is 0 Å². The molecule has 1 heterocycles. The smallest absolute Gasteiger partial charge is 0.234 e. The van der Waals surface area contributed by atoms with Crippen molar-refractivity contribution in [2.75, 3.05) is 39.9 Å². The minimum Gasteiger partial charge on any atom is -0.389 e. The molecular weight excluding hydrogens is 208 g/mol. The van der Waals surface area contributed by atoms with Gasteiger partial charge in [0.05, 0.1) is 18.8 Å². The Labute approximate surface area is 96.8 Å². The summed E-state index contributed by atoms with van der Waals surface area (Å²) in [6.45, 7) is 4.71. The van der Waals surface area contributed by atoms with Gasteiger partial charge in [0.2, 0.25) is 5.91 Å². The molecule has 1 fully saturated rings. The fourth-order valence-electron chi connectivity index (χ4n) is 2.01. The van der Waals surface area contributed by atoms with E-state index in [1.165, 1.54) is 0 Å². The van der Waals surface area contributed by atoms with E-state index in [1.54, 1.807) is 7.11 Å². The molecule has 1 unspecified atom stereocenters. The molecule has 0 spiro atoms. The first-order valence-corrected chi connectivity index (χ1v) is 5.74. The van der Waals surface area contributed by atoms with Gasteiger partial charge in [-0.15, -0.1) is 0 Å². The summed E-state index contributed by atoms with van der Waals surface area (Å²) in [6, 6.07) is 0. The van der Waals surface area contributed by atoms with Gasteiger partial charge in [-0.05, 0) is 26.3 Å². The monoisotopic (exact) mass is 230 g/mol. The molecule has 0 aliphatic carbocycles. The Hall–Kier alpha value is -0.650. The molecule has 5 heteroatoms. The number of carbonyl (C=O) groups is 1. The molecule has 0 aromatic carbocycles. The van der Waals surface area contributed by atoms with Crippen molar-refractivity contribution < 1.29 is 14.6 Å². The Balaban J connectivity index is 2.23. The van der Waals surface area contributed by atoms with E-state index in [0.29, 0.717) is 26.2 Å². The van der Waals surface area contributed by atoms with Gasteiger partial charge in [0.25, 0.3) is 0 Å². The third kappa shape index (κ3) is 4.92. The lowest BCUT2D eigenvalue weighted by Gasteiger charge is -2.36. The van der Waals surface area contributed by atoms with Crippen LogP contribution in [0.1, 0.15) is 19.8 Å². The highest BCUT2D eigenvalue weighted by atomic mass is 16.5. The zero-order valence-corrected chi connectivity index (χ0v) is 10.2. The second-order valence-electron chi connectivity index (χ2n) is 4.65. The number of carbonyl (C=O) groups excluding carboxylic acids is 1. The van der Waals surface area contributed by atoms with E-state index in [1.807, 2.05) is 11.8 Å². The van der Waals surface area contributed by atoms with Crippen LogP contribution in [0.25, 0.3) is 0 Å². The van der Waals surface area contributed by atoms with Gasteiger partial charge in [-0.25, -0.2) is 0 Å². The van der Waals surface area contributed by atoms with Gasteiger partial charge in [0, 0.05) is 20.2 Å². The predicted molar refractivity (Wildman–Crippen MR) is 61.2 cm³/mol. The highest BCUT2D eigenvalue weighted by molar-refractivity contribution is 5.78. The number of ether oxygens (including phenoxy) is 1. The van der Waals surface area contributed by atoms with Crippen LogP contribution in [0, 0.1) is 0 Å². The summed E-state index contributed by atoms with van der Waals surface area (Å²) in [5, 5.41) is 12.6. The van der Waals surface area contributed by atoms with Crippen molar-refractivity contribution in [2.24, 2.45) is 0 Å². The zero-order chi connectivity index (χ0) is 12.0. The normalized spacial score (nSPS) is 26.7. The molecular formula is C11H22N2O3. The molecule has 0 bridgehead atoms. The van der Waals surface area contributed by atoms with Crippen LogP contribution < -0.4 is 5.32 Å². The molecule has 0 aromatic rings. The van der Waals surface area contributed by atoms with Gasteiger partial charge in [-0.3, -0.25) is 9.69 Å². The Bertz CT molecular complexity index is 231. The fourth-order valence-corrected chi connectivity index (χ4v) is 2.01. The average Bonchev–Trinajstić information content (AvgIpc) is 2.16. The summed E-state index contributed by atoms with van der Waals surface area (Å²) in [7, 11) is 1.61. The second kappa shape index (κ2) is 6.18. The minimum atomic E-state index is -0.648. The minimum absolute atomic E-state index is 0.00486. The molecule has 94 valence electrons. The van der Waals surface area contributed by atoms with E-state index < -0.39 is 5.60 Å². The Kier molecular flexibility index (Phi) is 5.18. The van der Waals surface area contributed by atoms with Crippen LogP contribution in [0.15, 0.2) is 0 Å². The summed E-state index contributed by atoms with van der Waals surface area (Å²) in [5.41, 5.74) is -0.648. The Morgan fingerprint density at radius 2 is 2.38 bits per heavy atom. The zero-order valence-electron chi connectivity index (χ0n) is 10.2. The number of rotatable bonds is 5. The van der Waals surface area contributed by atoms with Crippen molar-refractivity contribution in [3.63, 3.8) is 0 Å². The van der Waals surface area contributed by atoms with Gasteiger partial charge in [-0.1, -0.05) is 0 Å². The highest BCUT2D eigenvalue weighted by Gasteiger charge is 2.28. The molecule has 0 radical (unpaired) electrons. The van der Waals surface area contributed by atoms with E-state index in [0.717, 1.165) is 19.4 Å². The molecule has 2 N–H and O–H groups in total. The van der Waals surface area contributed by atoms with Crippen molar-refractivity contribution in [3.05, 3.63) is 0 Å². The van der Waals surface area contributed by atoms with Crippen molar-refractivity contribution in [1.82, 2.24) is 10.2 Å². The molecule has 5 nitrogen and oxygen atoms in total. The van der Waals surface area contributed by atoms with E-state index in [9.17, 15) is 9.90 Å². The van der Waals surface area contributed by atoms with Crippen molar-refractivity contribution in [1.29, 1.82) is 0 Å². The molecule has 0 saturated carbocycles. The summed E-state index contributed by atoms with van der Waals surface area (Å²) in [5.74, 6) is -0.00486. The van der Waals surface area contributed by atoms with E-state index in [2.05, 4.69) is 5.32 Å². The largest absolute Gasteiger partial charge is 0.389 e. The van der Waals surface area contributed by atoms with Crippen molar-refractivity contribution in [3.8, 4) is 0 Å². The van der Waals surface area contributed by atoms with Gasteiger partial charge in [0.1, 0.15) is 0 Å². The maximum absolute atomic E-state index is 11.5. The van der Waals surface area contributed by atoms with Crippen LogP contribution in [0.3, 0.4) is 0 Å². The molecule has 1 amide bonds. The first-order valence-electron chi connectivity index (χ1n) is 5.74. The molecule has 16 heavy (non-hydrogen) atoms. The lowest BCUT2D eigenvalue weighted by atomic mass is 9.95. The number of β-amino-alcohol motifs (C(OH)–C–C–N with tert-alkyl or cyclic N) is 1. The number of likely N-dealkylation sites (tertiary alicyclic amines) is 1. The van der Waals surface area contributed by atoms with Crippen LogP contribution in [-0.4, -0.2) is 61.4 Å². The van der Waals surface area contributed by atoms with E-state index in [4.69, 9.17) is 4.74 Å². The number of nitrogens with one attached hydrogen (secondary N) is 1. The van der Waals surface area contributed by atoms with E-state index in [-0.39, 0.29) is 5.91 Å². The van der Waals surface area contributed by atoms with Crippen molar-refractivity contribution in [2.45, 2.75) is 25.4 Å². The first-order chi connectivity index (χ1) is 7.53. The van der Waals surface area contributed by atoms with E-state index >= 15 is 0 Å². The summed E-state index contributed by atoms with van der Waals surface area (Å²) in [4.78, 5) is 13.5. The van der Waals surface area contributed by atoms with Crippen LogP contribution in [0.5, 0.6) is 0 Å². The van der Waals surface area contributed by atoms with Gasteiger partial charge in [0.15, 0.2) is 0 Å². The maximum Gasteiger partial charge on any atom is 0.234 e. The average molecular weight is 230 g/mol. The topological polar surface area (TPSA) is 61.8 Å². The Morgan fingerprint density at radius 1 is 1.62 bits per heavy atom. The number of piperidine rings is 1. The number of hydrogen-bond donors (Lipinski definition) is 2. The number of nitrogens with zero attached hydrogens (tertiary/aromatic N) is 1. The number of amides is 1.